The molecular weight excluding hydrogens is 176 g/mol. The second kappa shape index (κ2) is 2.96. The third kappa shape index (κ3) is 1.37. The molecule has 13 heavy (non-hydrogen) atoms. The van der Waals surface area contributed by atoms with Crippen molar-refractivity contribution < 1.29 is 13.9 Å². The first-order chi connectivity index (χ1) is 6.18. The van der Waals surface area contributed by atoms with Crippen LogP contribution in [-0.4, -0.2) is 18.2 Å². The first-order valence-electron chi connectivity index (χ1n) is 4.07. The van der Waals surface area contributed by atoms with Crippen molar-refractivity contribution >= 4 is 0 Å². The Kier molecular flexibility index (Phi) is 1.92. The molecule has 1 heterocycles. The maximum absolute atomic E-state index is 12.8. The summed E-state index contributed by atoms with van der Waals surface area (Å²) in [6.45, 7) is 1.51. The van der Waals surface area contributed by atoms with E-state index in [1.807, 2.05) is 0 Å². The van der Waals surface area contributed by atoms with E-state index in [9.17, 15) is 8.78 Å². The predicted molar refractivity (Wildman–Crippen MR) is 43.6 cm³/mol. The molecule has 0 aromatic heterocycles. The zero-order chi connectivity index (χ0) is 9.42. The molecule has 1 aliphatic heterocycles. The van der Waals surface area contributed by atoms with Crippen molar-refractivity contribution in [3.63, 3.8) is 0 Å². The zero-order valence-corrected chi connectivity index (χ0v) is 6.85. The van der Waals surface area contributed by atoms with Crippen molar-refractivity contribution in [3.05, 3.63) is 29.3 Å². The molecule has 0 saturated carbocycles. The molecule has 2 rings (SSSR count). The molecule has 0 unspecified atom stereocenters. The van der Waals surface area contributed by atoms with Crippen molar-refractivity contribution in [2.24, 2.45) is 0 Å². The van der Waals surface area contributed by atoms with Gasteiger partial charge in [-0.3, -0.25) is 0 Å². The number of rotatable bonds is 1. The highest BCUT2D eigenvalue weighted by Gasteiger charge is 2.21. The second-order valence-electron chi connectivity index (χ2n) is 3.19. The number of phenols is 1. The van der Waals surface area contributed by atoms with E-state index in [0.29, 0.717) is 5.56 Å². The van der Waals surface area contributed by atoms with Crippen LogP contribution in [0.5, 0.6) is 5.75 Å². The topological polar surface area (TPSA) is 32.3 Å². The summed E-state index contributed by atoms with van der Waals surface area (Å²) in [5.74, 6) is -2.57. The fourth-order valence-corrected chi connectivity index (χ4v) is 1.36. The molecule has 1 aliphatic rings. The Bertz CT molecular complexity index is 313. The first-order valence-corrected chi connectivity index (χ1v) is 4.07. The highest BCUT2D eigenvalue weighted by Crippen LogP contribution is 2.27. The van der Waals surface area contributed by atoms with Crippen LogP contribution in [0.4, 0.5) is 8.78 Å². The lowest BCUT2D eigenvalue weighted by molar-refractivity contribution is 0.397. The third-order valence-corrected chi connectivity index (χ3v) is 2.28. The summed E-state index contributed by atoms with van der Waals surface area (Å²) in [4.78, 5) is 0. The number of hydrogen-bond donors (Lipinski definition) is 2. The van der Waals surface area contributed by atoms with Crippen molar-refractivity contribution in [2.45, 2.75) is 5.92 Å². The maximum Gasteiger partial charge on any atom is 0.200 e. The summed E-state index contributed by atoms with van der Waals surface area (Å²) in [5.41, 5.74) is 0.648. The molecule has 1 aromatic rings. The molecule has 70 valence electrons. The molecule has 0 atom stereocenters. The van der Waals surface area contributed by atoms with E-state index in [1.54, 1.807) is 0 Å². The van der Waals surface area contributed by atoms with E-state index in [-0.39, 0.29) is 5.92 Å². The molecule has 0 bridgehead atoms. The summed E-state index contributed by atoms with van der Waals surface area (Å²) in [6.07, 6.45) is 0. The lowest BCUT2D eigenvalue weighted by Crippen LogP contribution is -2.39. The Labute approximate surface area is 74.2 Å². The molecular formula is C9H9F2NO. The van der Waals surface area contributed by atoms with Crippen LogP contribution < -0.4 is 5.32 Å². The largest absolute Gasteiger partial charge is 0.505 e. The maximum atomic E-state index is 12.8. The monoisotopic (exact) mass is 185 g/mol. The van der Waals surface area contributed by atoms with Crippen molar-refractivity contribution in [2.75, 3.05) is 13.1 Å². The van der Waals surface area contributed by atoms with Gasteiger partial charge in [-0.05, 0) is 17.7 Å². The average Bonchev–Trinajstić information content (AvgIpc) is 1.96. The number of halogens is 2. The van der Waals surface area contributed by atoms with Gasteiger partial charge in [0.1, 0.15) is 0 Å². The smallest absolute Gasteiger partial charge is 0.200 e. The number of hydrogen-bond acceptors (Lipinski definition) is 2. The van der Waals surface area contributed by atoms with Crippen LogP contribution in [0.15, 0.2) is 12.1 Å². The van der Waals surface area contributed by atoms with Gasteiger partial charge in [0.2, 0.25) is 0 Å². The Balaban J connectivity index is 2.37. The van der Waals surface area contributed by atoms with E-state index in [4.69, 9.17) is 5.11 Å². The molecule has 4 heteroatoms. The van der Waals surface area contributed by atoms with E-state index >= 15 is 0 Å². The number of benzene rings is 1. The minimum atomic E-state index is -1.17. The molecule has 0 amide bonds. The normalized spacial score (nSPS) is 17.1. The van der Waals surface area contributed by atoms with Gasteiger partial charge in [0.25, 0.3) is 0 Å². The van der Waals surface area contributed by atoms with Crippen LogP contribution in [0.3, 0.4) is 0 Å². The zero-order valence-electron chi connectivity index (χ0n) is 6.85. The van der Waals surface area contributed by atoms with Gasteiger partial charge in [-0.1, -0.05) is 0 Å². The quantitative estimate of drug-likeness (QED) is 0.692. The Morgan fingerprint density at radius 1 is 1.31 bits per heavy atom. The average molecular weight is 185 g/mol. The molecule has 0 spiro atoms. The van der Waals surface area contributed by atoms with Crippen molar-refractivity contribution in [1.29, 1.82) is 0 Å². The molecule has 1 aromatic carbocycles. The van der Waals surface area contributed by atoms with Gasteiger partial charge in [0, 0.05) is 19.0 Å². The van der Waals surface area contributed by atoms with Crippen LogP contribution in [0.2, 0.25) is 0 Å². The number of aromatic hydroxyl groups is 1. The summed E-state index contributed by atoms with van der Waals surface area (Å²) in [7, 11) is 0. The van der Waals surface area contributed by atoms with Crippen molar-refractivity contribution in [1.82, 2.24) is 5.32 Å². The van der Waals surface area contributed by atoms with Gasteiger partial charge >= 0.3 is 0 Å². The lowest BCUT2D eigenvalue weighted by Gasteiger charge is -2.27. The molecule has 1 saturated heterocycles. The number of nitrogens with one attached hydrogen (secondary N) is 1. The van der Waals surface area contributed by atoms with E-state index in [1.165, 1.54) is 6.07 Å². The van der Waals surface area contributed by atoms with Crippen LogP contribution in [0.25, 0.3) is 0 Å². The van der Waals surface area contributed by atoms with Gasteiger partial charge in [-0.2, -0.15) is 4.39 Å². The highest BCUT2D eigenvalue weighted by atomic mass is 19.2. The fraction of sp³-hybridized carbons (Fsp3) is 0.333. The Morgan fingerprint density at radius 3 is 2.46 bits per heavy atom. The molecule has 1 fully saturated rings. The van der Waals surface area contributed by atoms with E-state index < -0.39 is 17.4 Å². The molecule has 0 aliphatic carbocycles. The minimum Gasteiger partial charge on any atom is -0.505 e. The van der Waals surface area contributed by atoms with Gasteiger partial charge in [-0.25, -0.2) is 4.39 Å². The summed E-state index contributed by atoms with van der Waals surface area (Å²) in [6, 6.07) is 2.42. The SMILES string of the molecule is Oc1cc(C2CNC2)cc(F)c1F. The predicted octanol–water partition coefficient (Wildman–Crippen LogP) is 1.36. The third-order valence-electron chi connectivity index (χ3n) is 2.28. The Morgan fingerprint density at radius 2 is 2.00 bits per heavy atom. The van der Waals surface area contributed by atoms with Crippen LogP contribution in [-0.2, 0) is 0 Å². The van der Waals surface area contributed by atoms with Gasteiger partial charge in [-0.15, -0.1) is 0 Å². The second-order valence-corrected chi connectivity index (χ2v) is 3.19. The van der Waals surface area contributed by atoms with Gasteiger partial charge < -0.3 is 10.4 Å². The standard InChI is InChI=1S/C9H9F2NO/c10-7-1-5(6-3-12-4-6)2-8(13)9(7)11/h1-2,6,12-13H,3-4H2. The van der Waals surface area contributed by atoms with Crippen LogP contribution in [0.1, 0.15) is 11.5 Å². The lowest BCUT2D eigenvalue weighted by atomic mass is 9.93. The van der Waals surface area contributed by atoms with Gasteiger partial charge in [0.15, 0.2) is 17.4 Å². The van der Waals surface area contributed by atoms with Gasteiger partial charge in [0.05, 0.1) is 0 Å². The summed E-state index contributed by atoms with van der Waals surface area (Å²) < 4.78 is 25.5. The summed E-state index contributed by atoms with van der Waals surface area (Å²) in [5, 5.41) is 12.0. The Hall–Kier alpha value is -1.16. The molecule has 0 radical (unpaired) electrons. The minimum absolute atomic E-state index is 0.195. The van der Waals surface area contributed by atoms with Crippen LogP contribution >= 0.6 is 0 Å². The first kappa shape index (κ1) is 8.44. The fourth-order valence-electron chi connectivity index (χ4n) is 1.36. The van der Waals surface area contributed by atoms with E-state index in [2.05, 4.69) is 5.32 Å². The van der Waals surface area contributed by atoms with Crippen molar-refractivity contribution in [3.8, 4) is 5.75 Å². The van der Waals surface area contributed by atoms with E-state index in [0.717, 1.165) is 19.2 Å². The molecule has 2 nitrogen and oxygen atoms in total. The molecule has 2 N–H and O–H groups in total. The highest BCUT2D eigenvalue weighted by molar-refractivity contribution is 5.33. The van der Waals surface area contributed by atoms with Crippen LogP contribution in [0, 0.1) is 11.6 Å². The number of phenolic OH excluding ortho intramolecular Hbond substituents is 1. The summed E-state index contributed by atoms with van der Waals surface area (Å²) >= 11 is 0.